The van der Waals surface area contributed by atoms with E-state index in [1.807, 2.05) is 0 Å². The Balaban J connectivity index is 2.88. The summed E-state index contributed by atoms with van der Waals surface area (Å²) in [6.07, 6.45) is 4.05. The molecular weight excluding hydrogens is 210 g/mol. The molecule has 0 fully saturated rings. The van der Waals surface area contributed by atoms with E-state index in [4.69, 9.17) is 5.11 Å². The van der Waals surface area contributed by atoms with Crippen LogP contribution in [-0.4, -0.2) is 44.4 Å². The molecule has 0 aliphatic rings. The fraction of sp³-hybridized carbons (Fsp3) is 0.400. The molecule has 0 spiro atoms. The van der Waals surface area contributed by atoms with Crippen LogP contribution in [-0.2, 0) is 4.79 Å². The van der Waals surface area contributed by atoms with E-state index in [0.29, 0.717) is 0 Å². The molecule has 0 aromatic carbocycles. The molecule has 0 saturated carbocycles. The van der Waals surface area contributed by atoms with Gasteiger partial charge in [-0.05, 0) is 13.8 Å². The second-order valence-corrected chi connectivity index (χ2v) is 3.55. The van der Waals surface area contributed by atoms with Gasteiger partial charge in [0.1, 0.15) is 12.9 Å². The summed E-state index contributed by atoms with van der Waals surface area (Å²) in [5.41, 5.74) is 0.289. The molecule has 16 heavy (non-hydrogen) atoms. The number of rotatable bonds is 4. The molecule has 0 unspecified atom stereocenters. The minimum atomic E-state index is -1.04. The number of aliphatic carboxylic acids is 1. The van der Waals surface area contributed by atoms with Crippen LogP contribution in [0.3, 0.4) is 0 Å². The van der Waals surface area contributed by atoms with Crippen LogP contribution in [0.25, 0.3) is 0 Å². The van der Waals surface area contributed by atoms with Crippen LogP contribution in [0.4, 0.5) is 0 Å². The molecule has 0 radical (unpaired) electrons. The zero-order valence-corrected chi connectivity index (χ0v) is 9.12. The van der Waals surface area contributed by atoms with Crippen molar-refractivity contribution in [3.8, 4) is 0 Å². The van der Waals surface area contributed by atoms with Crippen molar-refractivity contribution >= 4 is 11.9 Å². The van der Waals surface area contributed by atoms with Crippen LogP contribution in [0.2, 0.25) is 0 Å². The second-order valence-electron chi connectivity index (χ2n) is 3.55. The van der Waals surface area contributed by atoms with Crippen molar-refractivity contribution in [2.75, 3.05) is 6.54 Å². The highest BCUT2D eigenvalue weighted by Crippen LogP contribution is 2.06. The van der Waals surface area contributed by atoms with Crippen molar-refractivity contribution in [2.45, 2.75) is 19.9 Å². The molecule has 6 nitrogen and oxygen atoms in total. The number of carbonyl (C=O) groups is 2. The first kappa shape index (κ1) is 12.1. The molecule has 1 heterocycles. The van der Waals surface area contributed by atoms with E-state index in [1.165, 1.54) is 23.6 Å². The van der Waals surface area contributed by atoms with E-state index < -0.39 is 5.97 Å². The van der Waals surface area contributed by atoms with Gasteiger partial charge >= 0.3 is 5.97 Å². The van der Waals surface area contributed by atoms with Crippen LogP contribution in [0.15, 0.2) is 18.7 Å². The lowest BCUT2D eigenvalue weighted by molar-refractivity contribution is -0.138. The Morgan fingerprint density at radius 2 is 1.94 bits per heavy atom. The summed E-state index contributed by atoms with van der Waals surface area (Å²) in [5, 5.41) is 8.70. The lowest BCUT2D eigenvalue weighted by Crippen LogP contribution is -2.40. The van der Waals surface area contributed by atoms with Gasteiger partial charge in [0.05, 0.1) is 5.56 Å². The van der Waals surface area contributed by atoms with E-state index in [2.05, 4.69) is 9.97 Å². The highest BCUT2D eigenvalue weighted by Gasteiger charge is 2.21. The third-order valence-electron chi connectivity index (χ3n) is 2.00. The summed E-state index contributed by atoms with van der Waals surface area (Å²) < 4.78 is 0. The maximum atomic E-state index is 11.9. The van der Waals surface area contributed by atoms with Crippen molar-refractivity contribution in [2.24, 2.45) is 0 Å². The number of carbonyl (C=O) groups excluding carboxylic acids is 1. The fourth-order valence-electron chi connectivity index (χ4n) is 1.21. The molecule has 0 atom stereocenters. The Morgan fingerprint density at radius 3 is 2.38 bits per heavy atom. The summed E-state index contributed by atoms with van der Waals surface area (Å²) >= 11 is 0. The Labute approximate surface area is 92.9 Å². The van der Waals surface area contributed by atoms with Crippen LogP contribution >= 0.6 is 0 Å². The van der Waals surface area contributed by atoms with Crippen LogP contribution < -0.4 is 0 Å². The molecule has 1 N–H and O–H groups in total. The van der Waals surface area contributed by atoms with Crippen LogP contribution in [0.5, 0.6) is 0 Å². The molecular formula is C10H13N3O3. The van der Waals surface area contributed by atoms with E-state index in [-0.39, 0.29) is 24.1 Å². The van der Waals surface area contributed by atoms with Gasteiger partial charge in [-0.1, -0.05) is 0 Å². The van der Waals surface area contributed by atoms with Crippen molar-refractivity contribution < 1.29 is 14.7 Å². The molecule has 1 aromatic rings. The molecule has 1 aromatic heterocycles. The highest BCUT2D eigenvalue weighted by atomic mass is 16.4. The lowest BCUT2D eigenvalue weighted by atomic mass is 10.2. The van der Waals surface area contributed by atoms with Gasteiger partial charge in [-0.2, -0.15) is 0 Å². The molecule has 0 saturated heterocycles. The molecule has 1 amide bonds. The molecule has 0 bridgehead atoms. The summed E-state index contributed by atoms with van der Waals surface area (Å²) in [5.74, 6) is -1.42. The Bertz CT molecular complexity index is 378. The number of carboxylic acids is 1. The highest BCUT2D eigenvalue weighted by molar-refractivity contribution is 5.95. The van der Waals surface area contributed by atoms with Gasteiger partial charge in [-0.15, -0.1) is 0 Å². The van der Waals surface area contributed by atoms with Crippen molar-refractivity contribution in [1.29, 1.82) is 0 Å². The van der Waals surface area contributed by atoms with Gasteiger partial charge in [-0.25, -0.2) is 9.97 Å². The van der Waals surface area contributed by atoms with Gasteiger partial charge < -0.3 is 10.0 Å². The fourth-order valence-corrected chi connectivity index (χ4v) is 1.21. The number of amides is 1. The van der Waals surface area contributed by atoms with Gasteiger partial charge in [0, 0.05) is 18.4 Å². The topological polar surface area (TPSA) is 83.4 Å². The first-order valence-corrected chi connectivity index (χ1v) is 4.80. The van der Waals surface area contributed by atoms with Gasteiger partial charge in [-0.3, -0.25) is 9.59 Å². The SMILES string of the molecule is CC(C)N(CC(=O)O)C(=O)c1cncnc1. The first-order chi connectivity index (χ1) is 7.52. The predicted octanol–water partition coefficient (Wildman–Crippen LogP) is 0.412. The predicted molar refractivity (Wildman–Crippen MR) is 55.8 cm³/mol. The minimum absolute atomic E-state index is 0.191. The van der Waals surface area contributed by atoms with Gasteiger partial charge in [0.25, 0.3) is 5.91 Å². The zero-order valence-electron chi connectivity index (χ0n) is 9.12. The van der Waals surface area contributed by atoms with Crippen LogP contribution in [0.1, 0.15) is 24.2 Å². The normalized spacial score (nSPS) is 10.2. The number of hydrogen-bond acceptors (Lipinski definition) is 4. The third kappa shape index (κ3) is 3.01. The minimum Gasteiger partial charge on any atom is -0.480 e. The lowest BCUT2D eigenvalue weighted by Gasteiger charge is -2.24. The molecule has 0 aliphatic carbocycles. The number of nitrogens with zero attached hydrogens (tertiary/aromatic N) is 3. The number of aromatic nitrogens is 2. The second kappa shape index (κ2) is 5.20. The van der Waals surface area contributed by atoms with Gasteiger partial charge in [0.2, 0.25) is 0 Å². The van der Waals surface area contributed by atoms with Crippen LogP contribution in [0, 0.1) is 0 Å². The van der Waals surface area contributed by atoms with E-state index in [0.717, 1.165) is 0 Å². The van der Waals surface area contributed by atoms with E-state index in [9.17, 15) is 9.59 Å². The van der Waals surface area contributed by atoms with Crippen molar-refractivity contribution in [3.63, 3.8) is 0 Å². The molecule has 1 rings (SSSR count). The Kier molecular flexibility index (Phi) is 3.93. The summed E-state index contributed by atoms with van der Waals surface area (Å²) in [6.45, 7) is 3.18. The Morgan fingerprint density at radius 1 is 1.38 bits per heavy atom. The van der Waals surface area contributed by atoms with Crippen molar-refractivity contribution in [1.82, 2.24) is 14.9 Å². The van der Waals surface area contributed by atoms with Crippen molar-refractivity contribution in [3.05, 3.63) is 24.3 Å². The standard InChI is InChI=1S/C10H13N3O3/c1-7(2)13(5-9(14)15)10(16)8-3-11-6-12-4-8/h3-4,6-7H,5H2,1-2H3,(H,14,15). The largest absolute Gasteiger partial charge is 0.480 e. The third-order valence-corrected chi connectivity index (χ3v) is 2.00. The zero-order chi connectivity index (χ0) is 12.1. The van der Waals surface area contributed by atoms with E-state index in [1.54, 1.807) is 13.8 Å². The smallest absolute Gasteiger partial charge is 0.323 e. The molecule has 86 valence electrons. The maximum absolute atomic E-state index is 11.9. The molecule has 6 heteroatoms. The maximum Gasteiger partial charge on any atom is 0.323 e. The number of hydrogen-bond donors (Lipinski definition) is 1. The summed E-state index contributed by atoms with van der Waals surface area (Å²) in [7, 11) is 0. The summed E-state index contributed by atoms with van der Waals surface area (Å²) in [6, 6.07) is -0.191. The van der Waals surface area contributed by atoms with E-state index >= 15 is 0 Å². The monoisotopic (exact) mass is 223 g/mol. The first-order valence-electron chi connectivity index (χ1n) is 4.80. The quantitative estimate of drug-likeness (QED) is 0.799. The Hall–Kier alpha value is -1.98. The average Bonchev–Trinajstić information content (AvgIpc) is 2.25. The molecule has 0 aliphatic heterocycles. The summed E-state index contributed by atoms with van der Waals surface area (Å²) in [4.78, 5) is 31.2. The average molecular weight is 223 g/mol. The number of carboxylic acid groups (broad SMARTS) is 1. The van der Waals surface area contributed by atoms with Gasteiger partial charge in [0.15, 0.2) is 0 Å².